The van der Waals surface area contributed by atoms with Crippen molar-refractivity contribution < 1.29 is 9.90 Å². The summed E-state index contributed by atoms with van der Waals surface area (Å²) in [4.78, 5) is 17.0. The number of benzene rings is 2. The summed E-state index contributed by atoms with van der Waals surface area (Å²) in [6.45, 7) is 1.92. The Morgan fingerprint density at radius 1 is 1.21 bits per heavy atom. The van der Waals surface area contributed by atoms with Crippen molar-refractivity contribution in [2.75, 3.05) is 0 Å². The zero-order valence-electron chi connectivity index (χ0n) is 12.5. The lowest BCUT2D eigenvalue weighted by Gasteiger charge is -2.01. The Labute approximate surface area is 153 Å². The number of aromatic hydroxyl groups is 1. The highest BCUT2D eigenvalue weighted by molar-refractivity contribution is 8.18. The fourth-order valence-electron chi connectivity index (χ4n) is 2.06. The number of thioether (sulfide) groups is 1. The van der Waals surface area contributed by atoms with Crippen molar-refractivity contribution in [1.82, 2.24) is 5.32 Å². The second kappa shape index (κ2) is 6.89. The van der Waals surface area contributed by atoms with Crippen molar-refractivity contribution in [2.24, 2.45) is 4.99 Å². The van der Waals surface area contributed by atoms with Gasteiger partial charge in [0.05, 0.1) is 15.6 Å². The molecule has 1 heterocycles. The molecule has 2 N–H and O–H groups in total. The van der Waals surface area contributed by atoms with E-state index in [2.05, 4.69) is 10.3 Å². The average molecular weight is 379 g/mol. The minimum absolute atomic E-state index is 0.000950. The molecule has 2 aromatic rings. The lowest BCUT2D eigenvalue weighted by atomic mass is 10.2. The molecule has 0 atom stereocenters. The summed E-state index contributed by atoms with van der Waals surface area (Å²) in [5, 5.41) is 13.5. The van der Waals surface area contributed by atoms with Gasteiger partial charge in [0.25, 0.3) is 5.91 Å². The number of carbonyl (C=O) groups excluding carboxylic acids is 1. The molecule has 1 amide bonds. The molecule has 2 aromatic carbocycles. The minimum Gasteiger partial charge on any atom is -0.506 e. The summed E-state index contributed by atoms with van der Waals surface area (Å²) < 4.78 is 0. The number of hydrogen-bond acceptors (Lipinski definition) is 4. The zero-order valence-corrected chi connectivity index (χ0v) is 14.8. The third-order valence-corrected chi connectivity index (χ3v) is 4.76. The quantitative estimate of drug-likeness (QED) is 0.730. The van der Waals surface area contributed by atoms with Crippen LogP contribution in [0.4, 0.5) is 5.69 Å². The lowest BCUT2D eigenvalue weighted by Crippen LogP contribution is -2.19. The number of carbonyl (C=O) groups is 1. The number of phenolic OH excluding ortho intramolecular Hbond substituents is 1. The van der Waals surface area contributed by atoms with Crippen LogP contribution >= 0.6 is 35.0 Å². The number of hydrogen-bond donors (Lipinski definition) is 2. The van der Waals surface area contributed by atoms with E-state index in [0.29, 0.717) is 20.8 Å². The first kappa shape index (κ1) is 16.9. The normalized spacial score (nSPS) is 17.5. The van der Waals surface area contributed by atoms with Crippen LogP contribution in [0.15, 0.2) is 46.3 Å². The van der Waals surface area contributed by atoms with E-state index in [-0.39, 0.29) is 16.7 Å². The van der Waals surface area contributed by atoms with Gasteiger partial charge in [-0.1, -0.05) is 35.3 Å². The third-order valence-electron chi connectivity index (χ3n) is 3.31. The highest BCUT2D eigenvalue weighted by Crippen LogP contribution is 2.31. The molecule has 1 aliphatic rings. The van der Waals surface area contributed by atoms with Gasteiger partial charge in [-0.15, -0.1) is 0 Å². The lowest BCUT2D eigenvalue weighted by molar-refractivity contribution is -0.115. The molecule has 0 saturated carbocycles. The Hall–Kier alpha value is -1.95. The fraction of sp³-hybridized carbons (Fsp3) is 0.0588. The predicted molar refractivity (Wildman–Crippen MR) is 100 cm³/mol. The summed E-state index contributed by atoms with van der Waals surface area (Å²) in [7, 11) is 0. The summed E-state index contributed by atoms with van der Waals surface area (Å²) in [6, 6.07) is 10.2. The van der Waals surface area contributed by atoms with Crippen LogP contribution in [0.5, 0.6) is 5.75 Å². The molecular formula is C17H12Cl2N2O2S. The van der Waals surface area contributed by atoms with Crippen molar-refractivity contribution in [3.8, 4) is 5.75 Å². The molecule has 1 saturated heterocycles. The standard InChI is InChI=1S/C17H12Cl2N2O2S/c1-9-2-4-11(18)8-13(9)20-17-21-16(23)15(24-17)7-10-3-5-14(22)12(19)6-10/h2-8,22H,1H3,(H,20,21,23)/b15-7-. The second-order valence-corrected chi connectivity index (χ2v) is 7.00. The molecular weight excluding hydrogens is 367 g/mol. The topological polar surface area (TPSA) is 61.7 Å². The Bertz CT molecular complexity index is 894. The van der Waals surface area contributed by atoms with E-state index in [1.807, 2.05) is 13.0 Å². The number of aliphatic imine (C=N–C) groups is 1. The van der Waals surface area contributed by atoms with Crippen molar-refractivity contribution >= 4 is 57.8 Å². The summed E-state index contributed by atoms with van der Waals surface area (Å²) in [5.74, 6) is -0.233. The Morgan fingerprint density at radius 2 is 2.00 bits per heavy atom. The number of nitrogens with one attached hydrogen (secondary N) is 1. The van der Waals surface area contributed by atoms with Crippen LogP contribution in [0, 0.1) is 6.92 Å². The van der Waals surface area contributed by atoms with Crippen molar-refractivity contribution in [3.63, 3.8) is 0 Å². The number of amidine groups is 1. The van der Waals surface area contributed by atoms with Gasteiger partial charge in [-0.05, 0) is 60.2 Å². The number of nitrogens with zero attached hydrogens (tertiary/aromatic N) is 1. The van der Waals surface area contributed by atoms with Crippen LogP contribution in [0.3, 0.4) is 0 Å². The largest absolute Gasteiger partial charge is 0.506 e. The molecule has 0 aromatic heterocycles. The van der Waals surface area contributed by atoms with Gasteiger partial charge >= 0.3 is 0 Å². The smallest absolute Gasteiger partial charge is 0.264 e. The first-order valence-corrected chi connectivity index (χ1v) is 8.54. The van der Waals surface area contributed by atoms with E-state index >= 15 is 0 Å². The van der Waals surface area contributed by atoms with E-state index in [1.54, 1.807) is 30.3 Å². The predicted octanol–water partition coefficient (Wildman–Crippen LogP) is 4.90. The maximum absolute atomic E-state index is 12.1. The maximum atomic E-state index is 12.1. The Balaban J connectivity index is 1.87. The first-order valence-electron chi connectivity index (χ1n) is 6.96. The van der Waals surface area contributed by atoms with Crippen LogP contribution in [0.1, 0.15) is 11.1 Å². The minimum atomic E-state index is -0.234. The molecule has 3 rings (SSSR count). The summed E-state index contributed by atoms with van der Waals surface area (Å²) in [5.41, 5.74) is 2.39. The van der Waals surface area contributed by atoms with Crippen molar-refractivity contribution in [3.05, 3.63) is 62.5 Å². The maximum Gasteiger partial charge on any atom is 0.264 e. The van der Waals surface area contributed by atoms with Gasteiger partial charge in [0.15, 0.2) is 5.17 Å². The molecule has 24 heavy (non-hydrogen) atoms. The molecule has 122 valence electrons. The monoisotopic (exact) mass is 378 g/mol. The van der Waals surface area contributed by atoms with E-state index < -0.39 is 0 Å². The van der Waals surface area contributed by atoms with Gasteiger partial charge in [0.1, 0.15) is 5.75 Å². The van der Waals surface area contributed by atoms with Crippen molar-refractivity contribution in [1.29, 1.82) is 0 Å². The molecule has 0 unspecified atom stereocenters. The molecule has 0 spiro atoms. The first-order chi connectivity index (χ1) is 11.4. The summed E-state index contributed by atoms with van der Waals surface area (Å²) >= 11 is 13.1. The average Bonchev–Trinajstić information content (AvgIpc) is 2.86. The Kier molecular flexibility index (Phi) is 4.85. The highest BCUT2D eigenvalue weighted by atomic mass is 35.5. The third kappa shape index (κ3) is 3.75. The number of rotatable bonds is 2. The number of halogens is 2. The number of amides is 1. The van der Waals surface area contributed by atoms with E-state index in [4.69, 9.17) is 23.2 Å². The van der Waals surface area contributed by atoms with Crippen LogP contribution in [0.25, 0.3) is 6.08 Å². The summed E-state index contributed by atoms with van der Waals surface area (Å²) in [6.07, 6.45) is 1.69. The van der Waals surface area contributed by atoms with E-state index in [9.17, 15) is 9.90 Å². The van der Waals surface area contributed by atoms with Gasteiger partial charge in [-0.3, -0.25) is 4.79 Å². The van der Waals surface area contributed by atoms with Crippen LogP contribution in [-0.2, 0) is 4.79 Å². The Morgan fingerprint density at radius 3 is 2.75 bits per heavy atom. The van der Waals surface area contributed by atoms with Gasteiger partial charge < -0.3 is 10.4 Å². The molecule has 4 nitrogen and oxygen atoms in total. The van der Waals surface area contributed by atoms with Crippen molar-refractivity contribution in [2.45, 2.75) is 6.92 Å². The zero-order chi connectivity index (χ0) is 17.3. The van der Waals surface area contributed by atoms with Crippen LogP contribution in [-0.4, -0.2) is 16.2 Å². The molecule has 0 radical (unpaired) electrons. The fourth-order valence-corrected chi connectivity index (χ4v) is 3.25. The second-order valence-electron chi connectivity index (χ2n) is 5.12. The van der Waals surface area contributed by atoms with E-state index in [1.165, 1.54) is 17.8 Å². The molecule has 1 aliphatic heterocycles. The van der Waals surface area contributed by atoms with E-state index in [0.717, 1.165) is 11.1 Å². The molecule has 0 aliphatic carbocycles. The molecule has 0 bridgehead atoms. The molecule has 1 fully saturated rings. The van der Waals surface area contributed by atoms with Crippen LogP contribution in [0.2, 0.25) is 10.0 Å². The van der Waals surface area contributed by atoms with Crippen LogP contribution < -0.4 is 5.32 Å². The van der Waals surface area contributed by atoms with Gasteiger partial charge in [-0.25, -0.2) is 4.99 Å². The van der Waals surface area contributed by atoms with Gasteiger partial charge in [0.2, 0.25) is 0 Å². The highest BCUT2D eigenvalue weighted by Gasteiger charge is 2.24. The molecule has 7 heteroatoms. The van der Waals surface area contributed by atoms with Gasteiger partial charge in [-0.2, -0.15) is 0 Å². The number of phenols is 1. The van der Waals surface area contributed by atoms with Gasteiger partial charge in [0, 0.05) is 5.02 Å². The number of aryl methyl sites for hydroxylation is 1. The SMILES string of the molecule is Cc1ccc(Cl)cc1N=C1NC(=O)/C(=C/c2ccc(O)c(Cl)c2)S1.